The Morgan fingerprint density at radius 3 is 3.07 bits per heavy atom. The molecule has 0 radical (unpaired) electrons. The molecule has 3 heterocycles. The number of hydrogen-bond acceptors (Lipinski definition) is 5. The number of benzene rings is 1. The van der Waals surface area contributed by atoms with Gasteiger partial charge in [-0.25, -0.2) is 9.97 Å². The molecule has 2 amide bonds. The maximum Gasteiger partial charge on any atom is 0.251 e. The molecule has 1 unspecified atom stereocenters. The van der Waals surface area contributed by atoms with Crippen molar-refractivity contribution < 1.29 is 14.3 Å². The smallest absolute Gasteiger partial charge is 0.251 e. The van der Waals surface area contributed by atoms with Gasteiger partial charge < -0.3 is 24.5 Å². The average molecular weight is 431 g/mol. The molecule has 3 aromatic rings. The highest BCUT2D eigenvalue weighted by atomic mass is 35.5. The molecular formula is C20H23ClN6O3. The highest BCUT2D eigenvalue weighted by molar-refractivity contribution is 6.31. The van der Waals surface area contributed by atoms with Gasteiger partial charge in [-0.2, -0.15) is 0 Å². The van der Waals surface area contributed by atoms with Crippen LogP contribution < -0.4 is 5.32 Å². The van der Waals surface area contributed by atoms with Crippen molar-refractivity contribution in [1.29, 1.82) is 0 Å². The summed E-state index contributed by atoms with van der Waals surface area (Å²) in [6.45, 7) is 3.75. The maximum absolute atomic E-state index is 12.6. The number of nitrogens with one attached hydrogen (secondary N) is 2. The number of fused-ring (bicyclic) bond motifs is 1. The summed E-state index contributed by atoms with van der Waals surface area (Å²) in [6, 6.07) is 5.37. The number of aromatic amines is 1. The molecule has 1 aliphatic rings. The van der Waals surface area contributed by atoms with Gasteiger partial charge in [0.1, 0.15) is 11.6 Å². The maximum atomic E-state index is 12.6. The Bertz CT molecular complexity index is 1060. The highest BCUT2D eigenvalue weighted by Gasteiger charge is 2.29. The predicted octanol–water partition coefficient (Wildman–Crippen LogP) is 1.66. The third kappa shape index (κ3) is 4.63. The van der Waals surface area contributed by atoms with Gasteiger partial charge in [-0.1, -0.05) is 11.6 Å². The fraction of sp³-hybridized carbons (Fsp3) is 0.400. The third-order valence-corrected chi connectivity index (χ3v) is 5.36. The number of carbonyl (C=O) groups excluding carboxylic acids is 2. The quantitative estimate of drug-likeness (QED) is 0.618. The van der Waals surface area contributed by atoms with Crippen molar-refractivity contribution in [3.8, 4) is 0 Å². The van der Waals surface area contributed by atoms with Crippen LogP contribution in [-0.4, -0.2) is 62.0 Å². The fourth-order valence-corrected chi connectivity index (χ4v) is 3.62. The lowest BCUT2D eigenvalue weighted by atomic mass is 10.2. The van der Waals surface area contributed by atoms with E-state index in [4.69, 9.17) is 16.3 Å². The van der Waals surface area contributed by atoms with E-state index in [9.17, 15) is 9.59 Å². The summed E-state index contributed by atoms with van der Waals surface area (Å²) in [5.74, 6) is 1.23. The molecule has 1 fully saturated rings. The van der Waals surface area contributed by atoms with Crippen LogP contribution in [0.5, 0.6) is 0 Å². The molecule has 0 bridgehead atoms. The fourth-order valence-electron chi connectivity index (χ4n) is 3.45. The molecule has 0 spiro atoms. The first kappa shape index (κ1) is 20.4. The Balaban J connectivity index is 1.29. The standard InChI is InChI=1S/C20H23ClN6O3/c1-13-22-5-7-26(13)6-4-19(28)27-8-9-30-17(12-27)20(29)23-11-18-24-15-3-2-14(21)10-16(15)25-18/h2-3,5,7,10,17H,4,6,8-9,11-12H2,1H3,(H,23,29)(H,24,25). The van der Waals surface area contributed by atoms with Crippen LogP contribution in [-0.2, 0) is 27.4 Å². The molecule has 30 heavy (non-hydrogen) atoms. The SMILES string of the molecule is Cc1nccn1CCC(=O)N1CCOC(C(=O)NCc2nc3ccc(Cl)cc3[nH]2)C1. The van der Waals surface area contributed by atoms with Crippen molar-refractivity contribution >= 4 is 34.4 Å². The molecule has 1 atom stereocenters. The Morgan fingerprint density at radius 2 is 2.27 bits per heavy atom. The van der Waals surface area contributed by atoms with E-state index in [1.165, 1.54) is 0 Å². The third-order valence-electron chi connectivity index (χ3n) is 5.12. The molecule has 2 aromatic heterocycles. The molecule has 1 aliphatic heterocycles. The summed E-state index contributed by atoms with van der Waals surface area (Å²) in [5, 5.41) is 3.44. The van der Waals surface area contributed by atoms with Gasteiger partial charge in [-0.05, 0) is 25.1 Å². The lowest BCUT2D eigenvalue weighted by molar-refractivity contribution is -0.147. The van der Waals surface area contributed by atoms with Gasteiger partial charge >= 0.3 is 0 Å². The summed E-state index contributed by atoms with van der Waals surface area (Å²) in [7, 11) is 0. The average Bonchev–Trinajstić information content (AvgIpc) is 3.35. The van der Waals surface area contributed by atoms with Gasteiger partial charge in [0.05, 0.1) is 30.7 Å². The van der Waals surface area contributed by atoms with Gasteiger partial charge in [0.15, 0.2) is 6.10 Å². The number of ether oxygens (including phenoxy) is 1. The first-order chi connectivity index (χ1) is 14.5. The van der Waals surface area contributed by atoms with Crippen LogP contribution in [0, 0.1) is 6.92 Å². The van der Waals surface area contributed by atoms with E-state index in [-0.39, 0.29) is 24.9 Å². The Hall–Kier alpha value is -2.91. The van der Waals surface area contributed by atoms with Crippen LogP contribution in [0.2, 0.25) is 5.02 Å². The Kier molecular flexibility index (Phi) is 6.01. The predicted molar refractivity (Wildman–Crippen MR) is 111 cm³/mol. The second-order valence-electron chi connectivity index (χ2n) is 7.18. The number of nitrogens with zero attached hydrogens (tertiary/aromatic N) is 4. The molecule has 4 rings (SSSR count). The zero-order valence-electron chi connectivity index (χ0n) is 16.6. The largest absolute Gasteiger partial charge is 0.365 e. The normalized spacial score (nSPS) is 16.7. The molecule has 0 saturated carbocycles. The summed E-state index contributed by atoms with van der Waals surface area (Å²) in [5.41, 5.74) is 1.59. The lowest BCUT2D eigenvalue weighted by Crippen LogP contribution is -2.51. The number of hydrogen-bond donors (Lipinski definition) is 2. The highest BCUT2D eigenvalue weighted by Crippen LogP contribution is 2.17. The summed E-state index contributed by atoms with van der Waals surface area (Å²) in [4.78, 5) is 38.5. The number of imidazole rings is 2. The molecule has 1 saturated heterocycles. The van der Waals surface area contributed by atoms with Crippen molar-refractivity contribution in [2.24, 2.45) is 0 Å². The second kappa shape index (κ2) is 8.85. The first-order valence-electron chi connectivity index (χ1n) is 9.78. The summed E-state index contributed by atoms with van der Waals surface area (Å²) in [6.07, 6.45) is 3.22. The molecular weight excluding hydrogens is 408 g/mol. The topological polar surface area (TPSA) is 105 Å². The van der Waals surface area contributed by atoms with Gasteiger partial charge in [0.25, 0.3) is 5.91 Å². The summed E-state index contributed by atoms with van der Waals surface area (Å²) >= 11 is 5.98. The van der Waals surface area contributed by atoms with Crippen LogP contribution in [0.3, 0.4) is 0 Å². The van der Waals surface area contributed by atoms with Crippen molar-refractivity contribution in [2.45, 2.75) is 32.5 Å². The van der Waals surface area contributed by atoms with Gasteiger partial charge in [0, 0.05) is 36.9 Å². The summed E-state index contributed by atoms with van der Waals surface area (Å²) < 4.78 is 7.52. The number of H-pyrrole nitrogens is 1. The minimum Gasteiger partial charge on any atom is -0.365 e. The van der Waals surface area contributed by atoms with Gasteiger partial charge in [-0.15, -0.1) is 0 Å². The second-order valence-corrected chi connectivity index (χ2v) is 7.62. The van der Waals surface area contributed by atoms with Crippen LogP contribution in [0.15, 0.2) is 30.6 Å². The monoisotopic (exact) mass is 430 g/mol. The van der Waals surface area contributed by atoms with E-state index in [1.54, 1.807) is 23.2 Å². The van der Waals surface area contributed by atoms with Crippen molar-refractivity contribution in [1.82, 2.24) is 29.7 Å². The number of aryl methyl sites for hydroxylation is 2. The van der Waals surface area contributed by atoms with Crippen molar-refractivity contribution in [3.05, 3.63) is 47.3 Å². The molecule has 1 aromatic carbocycles. The zero-order valence-corrected chi connectivity index (χ0v) is 17.4. The van der Waals surface area contributed by atoms with Crippen LogP contribution >= 0.6 is 11.6 Å². The van der Waals surface area contributed by atoms with E-state index in [2.05, 4.69) is 20.3 Å². The number of morpholine rings is 1. The van der Waals surface area contributed by atoms with Crippen LogP contribution in [0.1, 0.15) is 18.1 Å². The van der Waals surface area contributed by atoms with E-state index >= 15 is 0 Å². The van der Waals surface area contributed by atoms with Crippen molar-refractivity contribution in [3.63, 3.8) is 0 Å². The van der Waals surface area contributed by atoms with E-state index < -0.39 is 6.10 Å². The lowest BCUT2D eigenvalue weighted by Gasteiger charge is -2.32. The molecule has 10 heteroatoms. The van der Waals surface area contributed by atoms with E-state index in [0.29, 0.717) is 37.0 Å². The van der Waals surface area contributed by atoms with Gasteiger partial charge in [0.2, 0.25) is 5.91 Å². The van der Waals surface area contributed by atoms with E-state index in [1.807, 2.05) is 23.8 Å². The van der Waals surface area contributed by atoms with E-state index in [0.717, 1.165) is 16.9 Å². The van der Waals surface area contributed by atoms with Crippen LogP contribution in [0.25, 0.3) is 11.0 Å². The molecule has 0 aliphatic carbocycles. The minimum absolute atomic E-state index is 0.00152. The number of carbonyl (C=O) groups is 2. The number of amides is 2. The number of halogens is 1. The number of rotatable bonds is 6. The van der Waals surface area contributed by atoms with Crippen LogP contribution in [0.4, 0.5) is 0 Å². The first-order valence-corrected chi connectivity index (χ1v) is 10.2. The van der Waals surface area contributed by atoms with Gasteiger partial charge in [-0.3, -0.25) is 9.59 Å². The number of aromatic nitrogens is 4. The Morgan fingerprint density at radius 1 is 1.40 bits per heavy atom. The minimum atomic E-state index is -0.698. The van der Waals surface area contributed by atoms with Crippen molar-refractivity contribution in [2.75, 3.05) is 19.7 Å². The molecule has 9 nitrogen and oxygen atoms in total. The molecule has 2 N–H and O–H groups in total. The molecule has 158 valence electrons. The zero-order chi connectivity index (χ0) is 21.1. The Labute approximate surface area is 178 Å².